The molecule has 0 radical (unpaired) electrons. The van der Waals surface area contributed by atoms with Crippen LogP contribution in [-0.4, -0.2) is 20.9 Å². The number of hydrogen-bond acceptors (Lipinski definition) is 3. The monoisotopic (exact) mass is 274 g/mol. The van der Waals surface area contributed by atoms with E-state index in [1.807, 2.05) is 37.6 Å². The summed E-state index contributed by atoms with van der Waals surface area (Å²) in [7, 11) is 0. The number of nitrogens with zero attached hydrogens (tertiary/aromatic N) is 2. The zero-order chi connectivity index (χ0) is 14.7. The molecule has 0 spiro atoms. The molecule has 106 valence electrons. The van der Waals surface area contributed by atoms with Gasteiger partial charge in [0, 0.05) is 6.54 Å². The summed E-state index contributed by atoms with van der Waals surface area (Å²) < 4.78 is 7.50. The highest BCUT2D eigenvalue weighted by Crippen LogP contribution is 2.21. The van der Waals surface area contributed by atoms with Crippen LogP contribution in [0.25, 0.3) is 0 Å². The van der Waals surface area contributed by atoms with E-state index in [4.69, 9.17) is 4.74 Å². The van der Waals surface area contributed by atoms with Crippen LogP contribution in [0.5, 0.6) is 5.75 Å². The van der Waals surface area contributed by atoms with Crippen LogP contribution in [0.15, 0.2) is 24.3 Å². The Bertz CT molecular complexity index is 632. The molecule has 5 heteroatoms. The fourth-order valence-electron chi connectivity index (χ4n) is 2.08. The summed E-state index contributed by atoms with van der Waals surface area (Å²) in [4.78, 5) is 11.2. The molecule has 0 saturated carbocycles. The lowest BCUT2D eigenvalue weighted by molar-refractivity contribution is 0.0691. The highest BCUT2D eigenvalue weighted by atomic mass is 16.5. The number of carboxylic acid groups (broad SMARTS) is 1. The van der Waals surface area contributed by atoms with Gasteiger partial charge in [0.25, 0.3) is 0 Å². The van der Waals surface area contributed by atoms with Gasteiger partial charge in [0.15, 0.2) is 0 Å². The molecule has 1 aromatic heterocycles. The molecule has 0 bridgehead atoms. The van der Waals surface area contributed by atoms with Gasteiger partial charge in [-0.3, -0.25) is 4.68 Å². The number of hydrogen-bond donors (Lipinski definition) is 1. The largest absolute Gasteiger partial charge is 0.486 e. The summed E-state index contributed by atoms with van der Waals surface area (Å²) in [6.07, 6.45) is 0. The van der Waals surface area contributed by atoms with E-state index < -0.39 is 5.97 Å². The van der Waals surface area contributed by atoms with Gasteiger partial charge in [0.2, 0.25) is 0 Å². The standard InChI is InChI=1S/C15H18N2O3/c1-4-17-12(8-11(3)16-17)9-20-14-6-5-10(2)7-13(14)15(18)19/h5-8H,4,9H2,1-3H3,(H,18,19). The van der Waals surface area contributed by atoms with Gasteiger partial charge >= 0.3 is 5.97 Å². The fraction of sp³-hybridized carbons (Fsp3) is 0.333. The third-order valence-electron chi connectivity index (χ3n) is 3.03. The van der Waals surface area contributed by atoms with Crippen LogP contribution in [0.3, 0.4) is 0 Å². The zero-order valence-electron chi connectivity index (χ0n) is 11.9. The molecule has 2 aromatic rings. The van der Waals surface area contributed by atoms with Crippen molar-refractivity contribution in [3.63, 3.8) is 0 Å². The number of aromatic carboxylic acids is 1. The third-order valence-corrected chi connectivity index (χ3v) is 3.03. The Morgan fingerprint density at radius 1 is 1.35 bits per heavy atom. The van der Waals surface area contributed by atoms with E-state index in [1.165, 1.54) is 0 Å². The van der Waals surface area contributed by atoms with E-state index in [1.54, 1.807) is 12.1 Å². The number of aromatic nitrogens is 2. The number of rotatable bonds is 5. The smallest absolute Gasteiger partial charge is 0.339 e. The van der Waals surface area contributed by atoms with E-state index in [-0.39, 0.29) is 5.56 Å². The Morgan fingerprint density at radius 2 is 2.10 bits per heavy atom. The van der Waals surface area contributed by atoms with Gasteiger partial charge in [-0.15, -0.1) is 0 Å². The van der Waals surface area contributed by atoms with Crippen LogP contribution in [0, 0.1) is 13.8 Å². The molecule has 0 unspecified atom stereocenters. The molecule has 0 saturated heterocycles. The first kappa shape index (κ1) is 14.1. The summed E-state index contributed by atoms with van der Waals surface area (Å²) >= 11 is 0. The number of aryl methyl sites for hydroxylation is 3. The molecular weight excluding hydrogens is 256 g/mol. The first-order chi connectivity index (χ1) is 9.51. The number of ether oxygens (including phenoxy) is 1. The molecule has 0 fully saturated rings. The van der Waals surface area contributed by atoms with Gasteiger partial charge in [-0.25, -0.2) is 4.79 Å². The minimum Gasteiger partial charge on any atom is -0.486 e. The lowest BCUT2D eigenvalue weighted by Gasteiger charge is -2.10. The van der Waals surface area contributed by atoms with Gasteiger partial charge in [-0.1, -0.05) is 11.6 Å². The number of carbonyl (C=O) groups is 1. The van der Waals surface area contributed by atoms with Crippen molar-refractivity contribution in [1.29, 1.82) is 0 Å². The maximum absolute atomic E-state index is 11.2. The molecule has 20 heavy (non-hydrogen) atoms. The highest BCUT2D eigenvalue weighted by Gasteiger charge is 2.12. The summed E-state index contributed by atoms with van der Waals surface area (Å²) in [5.74, 6) is -0.603. The Kier molecular flexibility index (Phi) is 4.08. The molecular formula is C15H18N2O3. The average Bonchev–Trinajstić information content (AvgIpc) is 2.77. The summed E-state index contributed by atoms with van der Waals surface area (Å²) in [6, 6.07) is 7.08. The van der Waals surface area contributed by atoms with Crippen molar-refractivity contribution in [2.24, 2.45) is 0 Å². The molecule has 5 nitrogen and oxygen atoms in total. The van der Waals surface area contributed by atoms with Gasteiger partial charge in [-0.2, -0.15) is 5.10 Å². The second-order valence-electron chi connectivity index (χ2n) is 4.69. The molecule has 0 atom stereocenters. The minimum absolute atomic E-state index is 0.185. The van der Waals surface area contributed by atoms with Crippen molar-refractivity contribution >= 4 is 5.97 Å². The SMILES string of the molecule is CCn1nc(C)cc1COc1ccc(C)cc1C(=O)O. The van der Waals surface area contributed by atoms with Crippen LogP contribution >= 0.6 is 0 Å². The Morgan fingerprint density at radius 3 is 2.75 bits per heavy atom. The quantitative estimate of drug-likeness (QED) is 0.910. The van der Waals surface area contributed by atoms with Crippen molar-refractivity contribution in [1.82, 2.24) is 9.78 Å². The topological polar surface area (TPSA) is 64.4 Å². The van der Waals surface area contributed by atoms with Gasteiger partial charge in [0.05, 0.1) is 11.4 Å². The second kappa shape index (κ2) is 5.77. The summed E-state index contributed by atoms with van der Waals surface area (Å²) in [6.45, 7) is 6.84. The molecule has 2 rings (SSSR count). The van der Waals surface area contributed by atoms with Crippen LogP contribution in [0.2, 0.25) is 0 Å². The van der Waals surface area contributed by atoms with E-state index in [0.29, 0.717) is 12.4 Å². The fourth-order valence-corrected chi connectivity index (χ4v) is 2.08. The highest BCUT2D eigenvalue weighted by molar-refractivity contribution is 5.91. The van der Waals surface area contributed by atoms with Crippen molar-refractivity contribution in [2.45, 2.75) is 33.9 Å². The Balaban J connectivity index is 2.20. The van der Waals surface area contributed by atoms with Crippen LogP contribution in [0.4, 0.5) is 0 Å². The average molecular weight is 274 g/mol. The van der Waals surface area contributed by atoms with E-state index in [0.717, 1.165) is 23.5 Å². The van der Waals surface area contributed by atoms with Crippen LogP contribution in [-0.2, 0) is 13.2 Å². The van der Waals surface area contributed by atoms with E-state index >= 15 is 0 Å². The van der Waals surface area contributed by atoms with Crippen LogP contribution in [0.1, 0.15) is 34.2 Å². The maximum Gasteiger partial charge on any atom is 0.339 e. The Labute approximate surface area is 117 Å². The van der Waals surface area contributed by atoms with Crippen molar-refractivity contribution < 1.29 is 14.6 Å². The van der Waals surface area contributed by atoms with Gasteiger partial charge in [-0.05, 0) is 39.0 Å². The Hall–Kier alpha value is -2.30. The molecule has 1 heterocycles. The van der Waals surface area contributed by atoms with Crippen LogP contribution < -0.4 is 4.74 Å². The zero-order valence-corrected chi connectivity index (χ0v) is 11.9. The van der Waals surface area contributed by atoms with E-state index in [9.17, 15) is 9.90 Å². The van der Waals surface area contributed by atoms with Gasteiger partial charge < -0.3 is 9.84 Å². The third kappa shape index (κ3) is 2.99. The summed E-state index contributed by atoms with van der Waals surface area (Å²) in [5.41, 5.74) is 2.93. The molecule has 0 aliphatic rings. The van der Waals surface area contributed by atoms with Gasteiger partial charge in [0.1, 0.15) is 17.9 Å². The molecule has 0 aliphatic heterocycles. The minimum atomic E-state index is -0.983. The second-order valence-corrected chi connectivity index (χ2v) is 4.69. The predicted octanol–water partition coefficient (Wildman–Crippen LogP) is 2.80. The molecule has 1 N–H and O–H groups in total. The molecule has 0 amide bonds. The van der Waals surface area contributed by atoms with Crippen molar-refractivity contribution in [3.8, 4) is 5.75 Å². The predicted molar refractivity (Wildman–Crippen MR) is 75.1 cm³/mol. The van der Waals surface area contributed by atoms with E-state index in [2.05, 4.69) is 5.10 Å². The normalized spacial score (nSPS) is 10.6. The molecule has 0 aliphatic carbocycles. The van der Waals surface area contributed by atoms with Crippen molar-refractivity contribution in [2.75, 3.05) is 0 Å². The maximum atomic E-state index is 11.2. The molecule has 1 aromatic carbocycles. The summed E-state index contributed by atoms with van der Waals surface area (Å²) in [5, 5.41) is 13.5. The number of benzene rings is 1. The van der Waals surface area contributed by atoms with Crippen molar-refractivity contribution in [3.05, 3.63) is 46.8 Å². The first-order valence-electron chi connectivity index (χ1n) is 6.51. The lowest BCUT2D eigenvalue weighted by Crippen LogP contribution is -2.08. The first-order valence-corrected chi connectivity index (χ1v) is 6.51. The lowest BCUT2D eigenvalue weighted by atomic mass is 10.1. The number of carboxylic acids is 1.